The fourth-order valence-corrected chi connectivity index (χ4v) is 6.58. The second-order valence-electron chi connectivity index (χ2n) is 4.42. The van der Waals surface area contributed by atoms with Gasteiger partial charge < -0.3 is 9.05 Å². The predicted octanol–water partition coefficient (Wildman–Crippen LogP) is 3.52. The van der Waals surface area contributed by atoms with Gasteiger partial charge in [0.05, 0.1) is 26.6 Å². The number of hydrogen-bond donors (Lipinski definition) is 0. The molecule has 0 aliphatic carbocycles. The van der Waals surface area contributed by atoms with Crippen molar-refractivity contribution in [3.8, 4) is 0 Å². The molecule has 0 aromatic rings. The molecular formula is C9H23O3PSi. The molecule has 0 aliphatic heterocycles. The van der Waals surface area contributed by atoms with E-state index in [1.54, 1.807) is 0 Å². The summed E-state index contributed by atoms with van der Waals surface area (Å²) in [5, 5.41) is 0.0508. The summed E-state index contributed by atoms with van der Waals surface area (Å²) >= 11 is 0. The minimum absolute atomic E-state index is 0.0508. The minimum Gasteiger partial charge on any atom is -0.309 e. The Morgan fingerprint density at radius 3 is 1.71 bits per heavy atom. The van der Waals surface area contributed by atoms with Crippen molar-refractivity contribution in [2.24, 2.45) is 0 Å². The summed E-state index contributed by atoms with van der Waals surface area (Å²) in [6.45, 7) is 13.1. The summed E-state index contributed by atoms with van der Waals surface area (Å²) < 4.78 is 23.0. The van der Waals surface area contributed by atoms with E-state index in [0.29, 0.717) is 13.2 Å². The fourth-order valence-electron chi connectivity index (χ4n) is 1.10. The van der Waals surface area contributed by atoms with Gasteiger partial charge in [0, 0.05) is 0 Å². The molecule has 1 atom stereocenters. The van der Waals surface area contributed by atoms with Gasteiger partial charge in [-0.25, -0.2) is 0 Å². The standard InChI is InChI=1S/C9H23O3PSi/c1-7-11-13(10,12-8-2)9(3)14(4,5)6/h9H,7-8H2,1-6H3. The maximum Gasteiger partial charge on any atom is 0.330 e. The molecule has 0 radical (unpaired) electrons. The maximum atomic E-state index is 12.4. The Labute approximate surface area is 88.7 Å². The molecule has 1 unspecified atom stereocenters. The van der Waals surface area contributed by atoms with Crippen LogP contribution in [0.4, 0.5) is 0 Å². The Hall–Kier alpha value is 0.367. The lowest BCUT2D eigenvalue weighted by Gasteiger charge is -2.31. The van der Waals surface area contributed by atoms with Gasteiger partial charge in [0.2, 0.25) is 0 Å². The highest BCUT2D eigenvalue weighted by molar-refractivity contribution is 7.58. The van der Waals surface area contributed by atoms with Crippen molar-refractivity contribution in [2.45, 2.75) is 45.7 Å². The highest BCUT2D eigenvalue weighted by Crippen LogP contribution is 2.55. The second kappa shape index (κ2) is 5.45. The van der Waals surface area contributed by atoms with E-state index < -0.39 is 15.7 Å². The lowest BCUT2D eigenvalue weighted by molar-refractivity contribution is 0.218. The van der Waals surface area contributed by atoms with Gasteiger partial charge in [-0.15, -0.1) is 0 Å². The van der Waals surface area contributed by atoms with Gasteiger partial charge in [0.25, 0.3) is 0 Å². The Balaban J connectivity index is 4.73. The first-order chi connectivity index (χ1) is 6.28. The van der Waals surface area contributed by atoms with Gasteiger partial charge in [-0.1, -0.05) is 26.6 Å². The fraction of sp³-hybridized carbons (Fsp3) is 1.00. The number of rotatable bonds is 6. The molecular weight excluding hydrogens is 215 g/mol. The van der Waals surface area contributed by atoms with Crippen LogP contribution in [0, 0.1) is 0 Å². The van der Waals surface area contributed by atoms with E-state index in [4.69, 9.17) is 9.05 Å². The third-order valence-corrected chi connectivity index (χ3v) is 10.3. The summed E-state index contributed by atoms with van der Waals surface area (Å²) in [5.74, 6) is 0. The van der Waals surface area contributed by atoms with E-state index in [1.165, 1.54) is 0 Å². The molecule has 0 saturated heterocycles. The van der Waals surface area contributed by atoms with Gasteiger partial charge in [-0.3, -0.25) is 4.57 Å². The SMILES string of the molecule is CCOP(=O)(OCC)C(C)[Si](C)(C)C. The van der Waals surface area contributed by atoms with E-state index in [1.807, 2.05) is 20.8 Å². The van der Waals surface area contributed by atoms with Gasteiger partial charge in [-0.05, 0) is 13.8 Å². The average molecular weight is 238 g/mol. The Kier molecular flexibility index (Phi) is 5.59. The molecule has 3 nitrogen and oxygen atoms in total. The van der Waals surface area contributed by atoms with Crippen LogP contribution in [0.25, 0.3) is 0 Å². The third kappa shape index (κ3) is 3.85. The van der Waals surface area contributed by atoms with Crippen LogP contribution >= 0.6 is 7.60 Å². The Bertz CT molecular complexity index is 203. The summed E-state index contributed by atoms with van der Waals surface area (Å²) in [7, 11) is -4.35. The molecule has 0 saturated carbocycles. The van der Waals surface area contributed by atoms with Gasteiger partial charge in [-0.2, -0.15) is 0 Å². The normalized spacial score (nSPS) is 15.6. The van der Waals surface area contributed by atoms with Crippen molar-refractivity contribution >= 4 is 15.7 Å². The molecule has 0 fully saturated rings. The van der Waals surface area contributed by atoms with Crippen molar-refractivity contribution < 1.29 is 13.6 Å². The number of hydrogen-bond acceptors (Lipinski definition) is 3. The summed E-state index contributed by atoms with van der Waals surface area (Å²) in [5.41, 5.74) is 0. The Morgan fingerprint density at radius 1 is 1.14 bits per heavy atom. The van der Waals surface area contributed by atoms with Crippen LogP contribution in [0.1, 0.15) is 20.8 Å². The van der Waals surface area contributed by atoms with Crippen LogP contribution in [0.15, 0.2) is 0 Å². The molecule has 86 valence electrons. The van der Waals surface area contributed by atoms with E-state index >= 15 is 0 Å². The summed E-state index contributed by atoms with van der Waals surface area (Å²) in [6.07, 6.45) is 0. The summed E-state index contributed by atoms with van der Waals surface area (Å²) in [6, 6.07) is 0. The first-order valence-electron chi connectivity index (χ1n) is 5.16. The highest BCUT2D eigenvalue weighted by atomic mass is 31.2. The lowest BCUT2D eigenvalue weighted by atomic mass is 10.9. The molecule has 0 aromatic heterocycles. The first kappa shape index (κ1) is 14.4. The molecule has 0 spiro atoms. The monoisotopic (exact) mass is 238 g/mol. The zero-order chi connectivity index (χ0) is 11.4. The lowest BCUT2D eigenvalue weighted by Crippen LogP contribution is -2.36. The van der Waals surface area contributed by atoms with Gasteiger partial charge in [0.15, 0.2) is 0 Å². The maximum absolute atomic E-state index is 12.4. The van der Waals surface area contributed by atoms with Crippen molar-refractivity contribution in [1.82, 2.24) is 0 Å². The van der Waals surface area contributed by atoms with Crippen molar-refractivity contribution in [3.63, 3.8) is 0 Å². The quantitative estimate of drug-likeness (QED) is 0.524. The van der Waals surface area contributed by atoms with E-state index in [9.17, 15) is 4.57 Å². The third-order valence-electron chi connectivity index (χ3n) is 2.35. The van der Waals surface area contributed by atoms with Crippen molar-refractivity contribution in [1.29, 1.82) is 0 Å². The molecule has 14 heavy (non-hydrogen) atoms. The highest BCUT2D eigenvalue weighted by Gasteiger charge is 2.40. The summed E-state index contributed by atoms with van der Waals surface area (Å²) in [4.78, 5) is 0. The Morgan fingerprint density at radius 2 is 1.50 bits per heavy atom. The van der Waals surface area contributed by atoms with Crippen LogP contribution in [0.3, 0.4) is 0 Å². The average Bonchev–Trinajstić information content (AvgIpc) is 2.02. The van der Waals surface area contributed by atoms with E-state index in [2.05, 4.69) is 19.6 Å². The van der Waals surface area contributed by atoms with Crippen molar-refractivity contribution in [3.05, 3.63) is 0 Å². The molecule has 0 heterocycles. The van der Waals surface area contributed by atoms with E-state index in [-0.39, 0.29) is 5.28 Å². The molecule has 0 amide bonds. The largest absolute Gasteiger partial charge is 0.330 e. The van der Waals surface area contributed by atoms with Gasteiger partial charge >= 0.3 is 7.60 Å². The van der Waals surface area contributed by atoms with Crippen LogP contribution in [-0.4, -0.2) is 26.6 Å². The zero-order valence-electron chi connectivity index (χ0n) is 10.2. The van der Waals surface area contributed by atoms with Crippen LogP contribution in [0.5, 0.6) is 0 Å². The predicted molar refractivity (Wildman–Crippen MR) is 63.7 cm³/mol. The molecule has 5 heteroatoms. The molecule has 0 aliphatic rings. The smallest absolute Gasteiger partial charge is 0.309 e. The van der Waals surface area contributed by atoms with Crippen LogP contribution < -0.4 is 0 Å². The topological polar surface area (TPSA) is 35.5 Å². The van der Waals surface area contributed by atoms with Crippen LogP contribution in [0.2, 0.25) is 19.6 Å². The molecule has 0 aromatic carbocycles. The molecule has 0 N–H and O–H groups in total. The molecule has 0 rings (SSSR count). The van der Waals surface area contributed by atoms with Crippen LogP contribution in [-0.2, 0) is 13.6 Å². The first-order valence-corrected chi connectivity index (χ1v) is 10.4. The minimum atomic E-state index is -2.87. The molecule has 0 bridgehead atoms. The van der Waals surface area contributed by atoms with Crippen molar-refractivity contribution in [2.75, 3.05) is 13.2 Å². The second-order valence-corrected chi connectivity index (χ2v) is 12.9. The zero-order valence-corrected chi connectivity index (χ0v) is 12.1. The van der Waals surface area contributed by atoms with Gasteiger partial charge in [0.1, 0.15) is 0 Å². The van der Waals surface area contributed by atoms with E-state index in [0.717, 1.165) is 0 Å².